The van der Waals surface area contributed by atoms with Crippen molar-refractivity contribution in [2.75, 3.05) is 32.4 Å². The molecule has 0 aromatic carbocycles. The van der Waals surface area contributed by atoms with E-state index in [2.05, 4.69) is 14.9 Å². The van der Waals surface area contributed by atoms with Crippen molar-refractivity contribution in [1.82, 2.24) is 14.9 Å². The van der Waals surface area contributed by atoms with Gasteiger partial charge in [-0.3, -0.25) is 9.69 Å². The SMILES string of the molecule is CC(C)C[C@H](NS(C)(=O)=O)C(=O)NCCN1C[C@H](C)O[C@@H](C)C1. The van der Waals surface area contributed by atoms with Crippen LogP contribution in [0.5, 0.6) is 0 Å². The molecule has 0 aromatic rings. The molecule has 1 amide bonds. The summed E-state index contributed by atoms with van der Waals surface area (Å²) in [5.41, 5.74) is 0. The predicted octanol–water partition coefficient (Wildman–Crippen LogP) is 0.176. The molecule has 0 aromatic heterocycles. The zero-order chi connectivity index (χ0) is 17.6. The van der Waals surface area contributed by atoms with Gasteiger partial charge in [-0.05, 0) is 26.2 Å². The van der Waals surface area contributed by atoms with Gasteiger partial charge in [0.2, 0.25) is 15.9 Å². The zero-order valence-electron chi connectivity index (χ0n) is 14.8. The van der Waals surface area contributed by atoms with Gasteiger partial charge in [-0.2, -0.15) is 0 Å². The van der Waals surface area contributed by atoms with Crippen molar-refractivity contribution in [2.24, 2.45) is 5.92 Å². The van der Waals surface area contributed by atoms with E-state index < -0.39 is 16.1 Å². The minimum absolute atomic E-state index is 0.190. The summed E-state index contributed by atoms with van der Waals surface area (Å²) in [6.07, 6.45) is 1.93. The molecule has 1 heterocycles. The highest BCUT2D eigenvalue weighted by atomic mass is 32.2. The van der Waals surface area contributed by atoms with Crippen LogP contribution in [0.4, 0.5) is 0 Å². The molecule has 0 radical (unpaired) electrons. The Bertz CT molecular complexity index is 471. The largest absolute Gasteiger partial charge is 0.373 e. The van der Waals surface area contributed by atoms with Crippen LogP contribution in [-0.4, -0.2) is 69.9 Å². The van der Waals surface area contributed by atoms with E-state index in [0.717, 1.165) is 25.9 Å². The summed E-state index contributed by atoms with van der Waals surface area (Å²) in [5.74, 6) is -0.0422. The Morgan fingerprint density at radius 3 is 2.30 bits per heavy atom. The van der Waals surface area contributed by atoms with Crippen molar-refractivity contribution in [3.8, 4) is 0 Å². The third-order valence-corrected chi connectivity index (χ3v) is 4.32. The Hall–Kier alpha value is -0.700. The lowest BCUT2D eigenvalue weighted by molar-refractivity contribution is -0.123. The number of rotatable bonds is 8. The number of nitrogens with zero attached hydrogens (tertiary/aromatic N) is 1. The average Bonchev–Trinajstić information content (AvgIpc) is 2.34. The molecule has 0 bridgehead atoms. The van der Waals surface area contributed by atoms with E-state index in [1.165, 1.54) is 0 Å². The monoisotopic (exact) mass is 349 g/mol. The second-order valence-corrected chi connectivity index (χ2v) is 8.66. The van der Waals surface area contributed by atoms with E-state index in [9.17, 15) is 13.2 Å². The van der Waals surface area contributed by atoms with Crippen molar-refractivity contribution < 1.29 is 17.9 Å². The normalized spacial score (nSPS) is 24.6. The number of ether oxygens (including phenoxy) is 1. The minimum atomic E-state index is -3.41. The van der Waals surface area contributed by atoms with Gasteiger partial charge >= 0.3 is 0 Å². The van der Waals surface area contributed by atoms with Gasteiger partial charge in [0.1, 0.15) is 6.04 Å². The fraction of sp³-hybridized carbons (Fsp3) is 0.933. The van der Waals surface area contributed by atoms with Crippen LogP contribution in [0.15, 0.2) is 0 Å². The van der Waals surface area contributed by atoms with Crippen molar-refractivity contribution in [3.05, 3.63) is 0 Å². The number of hydrogen-bond donors (Lipinski definition) is 2. The van der Waals surface area contributed by atoms with Crippen LogP contribution in [0.25, 0.3) is 0 Å². The van der Waals surface area contributed by atoms with Crippen molar-refractivity contribution in [1.29, 1.82) is 0 Å². The first-order valence-electron chi connectivity index (χ1n) is 8.19. The maximum absolute atomic E-state index is 12.2. The average molecular weight is 349 g/mol. The lowest BCUT2D eigenvalue weighted by Gasteiger charge is -2.35. The quantitative estimate of drug-likeness (QED) is 0.652. The van der Waals surface area contributed by atoms with Gasteiger partial charge < -0.3 is 10.1 Å². The molecular formula is C15H31N3O4S. The molecule has 136 valence electrons. The molecule has 1 rings (SSSR count). The van der Waals surface area contributed by atoms with E-state index in [-0.39, 0.29) is 24.0 Å². The highest BCUT2D eigenvalue weighted by Gasteiger charge is 2.24. The molecule has 1 fully saturated rings. The lowest BCUT2D eigenvalue weighted by atomic mass is 10.0. The molecule has 0 spiro atoms. The smallest absolute Gasteiger partial charge is 0.238 e. The minimum Gasteiger partial charge on any atom is -0.373 e. The Balaban J connectivity index is 2.45. The van der Waals surface area contributed by atoms with Crippen molar-refractivity contribution in [3.63, 3.8) is 0 Å². The number of sulfonamides is 1. The molecule has 0 unspecified atom stereocenters. The van der Waals surface area contributed by atoms with E-state index in [0.29, 0.717) is 13.0 Å². The maximum Gasteiger partial charge on any atom is 0.238 e. The first-order chi connectivity index (χ1) is 10.6. The van der Waals surface area contributed by atoms with Gasteiger partial charge in [-0.25, -0.2) is 13.1 Å². The summed E-state index contributed by atoms with van der Waals surface area (Å²) < 4.78 is 30.9. The zero-order valence-corrected chi connectivity index (χ0v) is 15.6. The van der Waals surface area contributed by atoms with Gasteiger partial charge in [0.25, 0.3) is 0 Å². The number of amides is 1. The third-order valence-electron chi connectivity index (χ3n) is 3.60. The summed E-state index contributed by atoms with van der Waals surface area (Å²) in [4.78, 5) is 14.5. The van der Waals surface area contributed by atoms with E-state index in [4.69, 9.17) is 4.74 Å². The Labute approximate surface area is 140 Å². The Morgan fingerprint density at radius 2 is 1.83 bits per heavy atom. The molecule has 8 heteroatoms. The van der Waals surface area contributed by atoms with Crippen LogP contribution < -0.4 is 10.0 Å². The molecule has 1 aliphatic rings. The van der Waals surface area contributed by atoms with Crippen LogP contribution in [-0.2, 0) is 19.6 Å². The molecular weight excluding hydrogens is 318 g/mol. The summed E-state index contributed by atoms with van der Waals surface area (Å²) in [6, 6.07) is -0.715. The van der Waals surface area contributed by atoms with Crippen LogP contribution in [0, 0.1) is 5.92 Å². The third kappa shape index (κ3) is 8.64. The number of carbonyl (C=O) groups is 1. The van der Waals surface area contributed by atoms with Gasteiger partial charge in [-0.15, -0.1) is 0 Å². The predicted molar refractivity (Wildman–Crippen MR) is 90.7 cm³/mol. The standard InChI is InChI=1S/C15H31N3O4S/c1-11(2)8-14(17-23(5,20)21)15(19)16-6-7-18-9-12(3)22-13(4)10-18/h11-14,17H,6-10H2,1-5H3,(H,16,19)/t12-,13-,14-/m0/s1. The van der Waals surface area contributed by atoms with Gasteiger partial charge in [-0.1, -0.05) is 13.8 Å². The second kappa shape index (κ2) is 8.96. The van der Waals surface area contributed by atoms with E-state index >= 15 is 0 Å². The fourth-order valence-corrected chi connectivity index (χ4v) is 3.59. The highest BCUT2D eigenvalue weighted by Crippen LogP contribution is 2.10. The first-order valence-corrected chi connectivity index (χ1v) is 10.1. The Morgan fingerprint density at radius 1 is 1.26 bits per heavy atom. The molecule has 23 heavy (non-hydrogen) atoms. The van der Waals surface area contributed by atoms with Crippen LogP contribution in [0.2, 0.25) is 0 Å². The number of hydrogen-bond acceptors (Lipinski definition) is 5. The van der Waals surface area contributed by atoms with Crippen molar-refractivity contribution in [2.45, 2.75) is 52.4 Å². The summed E-state index contributed by atoms with van der Waals surface area (Å²) in [7, 11) is -3.41. The summed E-state index contributed by atoms with van der Waals surface area (Å²) in [6.45, 7) is 10.9. The molecule has 7 nitrogen and oxygen atoms in total. The summed E-state index contributed by atoms with van der Waals surface area (Å²) in [5, 5.41) is 2.84. The van der Waals surface area contributed by atoms with Crippen LogP contribution in [0.3, 0.4) is 0 Å². The van der Waals surface area contributed by atoms with Crippen LogP contribution in [0.1, 0.15) is 34.1 Å². The lowest BCUT2D eigenvalue weighted by Crippen LogP contribution is -2.51. The number of morpholine rings is 1. The number of nitrogens with one attached hydrogen (secondary N) is 2. The van der Waals surface area contributed by atoms with E-state index in [1.54, 1.807) is 0 Å². The molecule has 1 saturated heterocycles. The van der Waals surface area contributed by atoms with Gasteiger partial charge in [0.05, 0.1) is 18.5 Å². The molecule has 1 aliphatic heterocycles. The maximum atomic E-state index is 12.2. The number of carbonyl (C=O) groups excluding carboxylic acids is 1. The molecule has 2 N–H and O–H groups in total. The van der Waals surface area contributed by atoms with Crippen molar-refractivity contribution >= 4 is 15.9 Å². The molecule has 0 aliphatic carbocycles. The van der Waals surface area contributed by atoms with Gasteiger partial charge in [0, 0.05) is 26.2 Å². The molecule has 0 saturated carbocycles. The Kier molecular flexibility index (Phi) is 7.93. The van der Waals surface area contributed by atoms with E-state index in [1.807, 2.05) is 27.7 Å². The van der Waals surface area contributed by atoms with Gasteiger partial charge in [0.15, 0.2) is 0 Å². The second-order valence-electron chi connectivity index (χ2n) is 6.88. The topological polar surface area (TPSA) is 87.7 Å². The first kappa shape index (κ1) is 20.3. The highest BCUT2D eigenvalue weighted by molar-refractivity contribution is 7.88. The van der Waals surface area contributed by atoms with Crippen LogP contribution >= 0.6 is 0 Å². The molecule has 3 atom stereocenters. The fourth-order valence-electron chi connectivity index (χ4n) is 2.87. The summed E-state index contributed by atoms with van der Waals surface area (Å²) >= 11 is 0.